The third kappa shape index (κ3) is 3.59. The van der Waals surface area contributed by atoms with Gasteiger partial charge in [0.2, 0.25) is 0 Å². The molecule has 0 bridgehead atoms. The summed E-state index contributed by atoms with van der Waals surface area (Å²) in [5.74, 6) is 1.68. The third-order valence-electron chi connectivity index (χ3n) is 2.77. The van der Waals surface area contributed by atoms with E-state index in [0.29, 0.717) is 0 Å². The molecule has 0 aliphatic heterocycles. The summed E-state index contributed by atoms with van der Waals surface area (Å²) < 4.78 is 2.04. The van der Waals surface area contributed by atoms with E-state index in [0.717, 1.165) is 57.0 Å². The van der Waals surface area contributed by atoms with Gasteiger partial charge in [-0.15, -0.1) is 11.3 Å². The maximum absolute atomic E-state index is 4.72. The lowest BCUT2D eigenvalue weighted by molar-refractivity contribution is 0.865. The number of halogens is 2. The SMILES string of the molecule is CCCNc1nc(-c2sccc2Br)nc(CCC)c1Br. The van der Waals surface area contributed by atoms with Crippen LogP contribution in [0.15, 0.2) is 20.4 Å². The zero-order chi connectivity index (χ0) is 14.5. The van der Waals surface area contributed by atoms with Gasteiger partial charge in [-0.2, -0.15) is 0 Å². The van der Waals surface area contributed by atoms with E-state index in [1.54, 1.807) is 11.3 Å². The molecule has 0 atom stereocenters. The fraction of sp³-hybridized carbons (Fsp3) is 0.429. The van der Waals surface area contributed by atoms with Crippen LogP contribution in [0, 0.1) is 0 Å². The highest BCUT2D eigenvalue weighted by Crippen LogP contribution is 2.34. The largest absolute Gasteiger partial charge is 0.369 e. The van der Waals surface area contributed by atoms with Crippen molar-refractivity contribution in [2.45, 2.75) is 33.1 Å². The fourth-order valence-corrected chi connectivity index (χ4v) is 3.81. The quantitative estimate of drug-likeness (QED) is 0.672. The first kappa shape index (κ1) is 15.9. The number of nitrogens with one attached hydrogen (secondary N) is 1. The minimum absolute atomic E-state index is 0.789. The van der Waals surface area contributed by atoms with Crippen LogP contribution in [0.5, 0.6) is 0 Å². The Kier molecular flexibility index (Phi) is 5.99. The Bertz CT molecular complexity index is 584. The van der Waals surface area contributed by atoms with Gasteiger partial charge in [-0.05, 0) is 56.1 Å². The van der Waals surface area contributed by atoms with Crippen LogP contribution in [0.25, 0.3) is 10.7 Å². The monoisotopic (exact) mass is 417 g/mol. The average molecular weight is 419 g/mol. The highest BCUT2D eigenvalue weighted by Gasteiger charge is 2.15. The Hall–Kier alpha value is -0.460. The number of aryl methyl sites for hydroxylation is 1. The van der Waals surface area contributed by atoms with Gasteiger partial charge in [0.15, 0.2) is 5.82 Å². The Morgan fingerprint density at radius 2 is 2.00 bits per heavy atom. The zero-order valence-electron chi connectivity index (χ0n) is 11.5. The minimum Gasteiger partial charge on any atom is -0.369 e. The van der Waals surface area contributed by atoms with Crippen molar-refractivity contribution < 1.29 is 0 Å². The molecule has 0 amide bonds. The number of thiophene rings is 1. The van der Waals surface area contributed by atoms with Crippen LogP contribution in [0.1, 0.15) is 32.4 Å². The predicted octanol–water partition coefficient (Wildman–Crippen LogP) is 5.50. The van der Waals surface area contributed by atoms with Gasteiger partial charge in [-0.3, -0.25) is 0 Å². The van der Waals surface area contributed by atoms with Gasteiger partial charge < -0.3 is 5.32 Å². The van der Waals surface area contributed by atoms with Crippen LogP contribution in [-0.4, -0.2) is 16.5 Å². The normalized spacial score (nSPS) is 10.8. The van der Waals surface area contributed by atoms with Crippen molar-refractivity contribution in [2.24, 2.45) is 0 Å². The van der Waals surface area contributed by atoms with E-state index >= 15 is 0 Å². The van der Waals surface area contributed by atoms with Gasteiger partial charge >= 0.3 is 0 Å². The zero-order valence-corrected chi connectivity index (χ0v) is 15.5. The van der Waals surface area contributed by atoms with E-state index in [2.05, 4.69) is 56.0 Å². The van der Waals surface area contributed by atoms with Gasteiger partial charge in [0.1, 0.15) is 5.82 Å². The van der Waals surface area contributed by atoms with Gasteiger partial charge in [-0.25, -0.2) is 9.97 Å². The Morgan fingerprint density at radius 3 is 2.60 bits per heavy atom. The molecule has 20 heavy (non-hydrogen) atoms. The maximum Gasteiger partial charge on any atom is 0.173 e. The van der Waals surface area contributed by atoms with E-state index in [1.165, 1.54) is 0 Å². The molecule has 0 aromatic carbocycles. The molecule has 0 radical (unpaired) electrons. The van der Waals surface area contributed by atoms with E-state index < -0.39 is 0 Å². The molecule has 0 fully saturated rings. The van der Waals surface area contributed by atoms with E-state index in [1.807, 2.05) is 11.4 Å². The molecule has 3 nitrogen and oxygen atoms in total. The summed E-state index contributed by atoms with van der Waals surface area (Å²) in [5.41, 5.74) is 1.07. The van der Waals surface area contributed by atoms with Crippen LogP contribution in [-0.2, 0) is 6.42 Å². The molecule has 0 saturated heterocycles. The molecule has 1 N–H and O–H groups in total. The van der Waals surface area contributed by atoms with Crippen molar-refractivity contribution in [3.05, 3.63) is 26.1 Å². The summed E-state index contributed by atoms with van der Waals surface area (Å²) >= 11 is 8.85. The van der Waals surface area contributed by atoms with Gasteiger partial charge in [-0.1, -0.05) is 20.3 Å². The summed E-state index contributed by atoms with van der Waals surface area (Å²) in [6.07, 6.45) is 3.07. The number of nitrogens with zero attached hydrogens (tertiary/aromatic N) is 2. The van der Waals surface area contributed by atoms with Gasteiger partial charge in [0.05, 0.1) is 15.0 Å². The van der Waals surface area contributed by atoms with Crippen molar-refractivity contribution in [3.63, 3.8) is 0 Å². The molecule has 2 heterocycles. The van der Waals surface area contributed by atoms with Gasteiger partial charge in [0.25, 0.3) is 0 Å². The molecular weight excluding hydrogens is 402 g/mol. The maximum atomic E-state index is 4.72. The van der Waals surface area contributed by atoms with Crippen LogP contribution in [0.2, 0.25) is 0 Å². The lowest BCUT2D eigenvalue weighted by Gasteiger charge is -2.12. The second kappa shape index (κ2) is 7.52. The third-order valence-corrected chi connectivity index (χ3v) is 5.44. The molecule has 2 aromatic heterocycles. The first-order chi connectivity index (χ1) is 9.67. The Morgan fingerprint density at radius 1 is 1.20 bits per heavy atom. The average Bonchev–Trinajstić information content (AvgIpc) is 2.86. The number of anilines is 1. The molecule has 0 aliphatic rings. The summed E-state index contributed by atoms with van der Waals surface area (Å²) in [6, 6.07) is 2.03. The summed E-state index contributed by atoms with van der Waals surface area (Å²) in [7, 11) is 0. The number of aromatic nitrogens is 2. The Labute approximate surface area is 140 Å². The Balaban J connectivity index is 2.46. The smallest absolute Gasteiger partial charge is 0.173 e. The summed E-state index contributed by atoms with van der Waals surface area (Å²) in [4.78, 5) is 10.5. The van der Waals surface area contributed by atoms with Crippen molar-refractivity contribution in [3.8, 4) is 10.7 Å². The predicted molar refractivity (Wildman–Crippen MR) is 93.5 cm³/mol. The van der Waals surface area contributed by atoms with E-state index in [-0.39, 0.29) is 0 Å². The van der Waals surface area contributed by atoms with Crippen molar-refractivity contribution in [1.29, 1.82) is 0 Å². The molecule has 2 rings (SSSR count). The first-order valence-corrected chi connectivity index (χ1v) is 9.17. The molecule has 108 valence electrons. The van der Waals surface area contributed by atoms with Crippen molar-refractivity contribution >= 4 is 49.0 Å². The minimum atomic E-state index is 0.789. The van der Waals surface area contributed by atoms with Crippen molar-refractivity contribution in [1.82, 2.24) is 9.97 Å². The van der Waals surface area contributed by atoms with Crippen molar-refractivity contribution in [2.75, 3.05) is 11.9 Å². The second-order valence-electron chi connectivity index (χ2n) is 4.43. The molecular formula is C14H17Br2N3S. The highest BCUT2D eigenvalue weighted by molar-refractivity contribution is 9.11. The lowest BCUT2D eigenvalue weighted by atomic mass is 10.2. The highest BCUT2D eigenvalue weighted by atomic mass is 79.9. The molecule has 6 heteroatoms. The lowest BCUT2D eigenvalue weighted by Crippen LogP contribution is -2.07. The number of hydrogen-bond donors (Lipinski definition) is 1. The molecule has 2 aromatic rings. The number of rotatable bonds is 6. The van der Waals surface area contributed by atoms with Crippen LogP contribution in [0.3, 0.4) is 0 Å². The van der Waals surface area contributed by atoms with Gasteiger partial charge in [0, 0.05) is 11.0 Å². The fourth-order valence-electron chi connectivity index (χ4n) is 1.81. The molecule has 0 unspecified atom stereocenters. The summed E-state index contributed by atoms with van der Waals surface area (Å²) in [6.45, 7) is 5.21. The summed E-state index contributed by atoms with van der Waals surface area (Å²) in [5, 5.41) is 5.42. The second-order valence-corrected chi connectivity index (χ2v) is 6.99. The molecule has 0 spiro atoms. The molecule has 0 aliphatic carbocycles. The van der Waals surface area contributed by atoms with Crippen LogP contribution >= 0.6 is 43.2 Å². The molecule has 0 saturated carbocycles. The van der Waals surface area contributed by atoms with Crippen LogP contribution < -0.4 is 5.32 Å². The topological polar surface area (TPSA) is 37.8 Å². The van der Waals surface area contributed by atoms with E-state index in [9.17, 15) is 0 Å². The standard InChI is InChI=1S/C14H17Br2N3S/c1-3-5-10-11(16)13(17-7-4-2)19-14(18-10)12-9(15)6-8-20-12/h6,8H,3-5,7H2,1-2H3,(H,17,18,19). The van der Waals surface area contributed by atoms with Crippen LogP contribution in [0.4, 0.5) is 5.82 Å². The van der Waals surface area contributed by atoms with E-state index in [4.69, 9.17) is 4.98 Å². The first-order valence-electron chi connectivity index (χ1n) is 6.71. The number of hydrogen-bond acceptors (Lipinski definition) is 4.